The molecule has 0 radical (unpaired) electrons. The van der Waals surface area contributed by atoms with Crippen LogP contribution in [0.25, 0.3) is 10.9 Å². The summed E-state index contributed by atoms with van der Waals surface area (Å²) in [6, 6.07) is 14.8. The lowest BCUT2D eigenvalue weighted by Crippen LogP contribution is -2.53. The smallest absolute Gasteiger partial charge is 0.242 e. The number of aromatic nitrogens is 3. The molecule has 0 aliphatic carbocycles. The Kier molecular flexibility index (Phi) is 9.66. The molecule has 8 N–H and O–H groups in total. The van der Waals surface area contributed by atoms with Crippen molar-refractivity contribution in [1.82, 2.24) is 25.6 Å². The van der Waals surface area contributed by atoms with E-state index in [0.717, 1.165) is 53.5 Å². The first-order chi connectivity index (χ1) is 18.5. The fourth-order valence-electron chi connectivity index (χ4n) is 4.53. The predicted molar refractivity (Wildman–Crippen MR) is 149 cm³/mol. The average molecular weight is 516 g/mol. The molecule has 9 nitrogen and oxygen atoms in total. The number of rotatable bonds is 14. The third kappa shape index (κ3) is 7.53. The van der Waals surface area contributed by atoms with Crippen LogP contribution in [0, 0.1) is 0 Å². The fraction of sp³-hybridized carbons (Fsp3) is 0.345. The Morgan fingerprint density at radius 1 is 0.921 bits per heavy atom. The first-order valence-corrected chi connectivity index (χ1v) is 13.2. The Morgan fingerprint density at radius 3 is 2.42 bits per heavy atom. The quantitative estimate of drug-likeness (QED) is 0.142. The molecule has 0 unspecified atom stereocenters. The molecule has 2 amide bonds. The van der Waals surface area contributed by atoms with Crippen molar-refractivity contribution >= 4 is 22.7 Å². The topological polar surface area (TPSA) is 155 Å². The van der Waals surface area contributed by atoms with Gasteiger partial charge in [0.2, 0.25) is 11.8 Å². The second kappa shape index (κ2) is 13.6. The van der Waals surface area contributed by atoms with Crippen LogP contribution in [0.4, 0.5) is 0 Å². The molecular weight excluding hydrogens is 478 g/mol. The number of nitrogens with zero attached hydrogens (tertiary/aromatic N) is 1. The van der Waals surface area contributed by atoms with Crippen molar-refractivity contribution in [2.45, 2.75) is 50.6 Å². The molecule has 0 bridgehead atoms. The largest absolute Gasteiger partial charge is 0.361 e. The summed E-state index contributed by atoms with van der Waals surface area (Å²) >= 11 is 0. The van der Waals surface area contributed by atoms with Gasteiger partial charge in [0, 0.05) is 42.0 Å². The lowest BCUT2D eigenvalue weighted by molar-refractivity contribution is -0.129. The van der Waals surface area contributed by atoms with Gasteiger partial charge in [-0.15, -0.1) is 0 Å². The molecule has 200 valence electrons. The van der Waals surface area contributed by atoms with Gasteiger partial charge in [-0.1, -0.05) is 42.5 Å². The number of imidazole rings is 1. The van der Waals surface area contributed by atoms with Gasteiger partial charge in [0.15, 0.2) is 0 Å². The number of carbonyl (C=O) groups excluding carboxylic acids is 2. The lowest BCUT2D eigenvalue weighted by atomic mass is 10.0. The van der Waals surface area contributed by atoms with Crippen molar-refractivity contribution in [2.24, 2.45) is 11.5 Å². The number of hydrogen-bond donors (Lipinski definition) is 6. The van der Waals surface area contributed by atoms with Crippen molar-refractivity contribution in [3.05, 3.63) is 89.6 Å². The van der Waals surface area contributed by atoms with E-state index in [1.807, 2.05) is 30.5 Å². The van der Waals surface area contributed by atoms with Crippen LogP contribution in [0.2, 0.25) is 0 Å². The highest BCUT2D eigenvalue weighted by molar-refractivity contribution is 5.90. The minimum atomic E-state index is -0.797. The number of H-pyrrole nitrogens is 2. The highest BCUT2D eigenvalue weighted by Crippen LogP contribution is 2.19. The highest BCUT2D eigenvalue weighted by Gasteiger charge is 2.25. The number of aromatic amines is 2. The minimum Gasteiger partial charge on any atom is -0.361 e. The lowest BCUT2D eigenvalue weighted by Gasteiger charge is -2.20. The van der Waals surface area contributed by atoms with Crippen LogP contribution in [-0.4, -0.2) is 51.9 Å². The molecule has 4 rings (SSSR count). The third-order valence-electron chi connectivity index (χ3n) is 6.72. The van der Waals surface area contributed by atoms with E-state index in [1.165, 1.54) is 5.56 Å². The molecule has 0 spiro atoms. The Bertz CT molecular complexity index is 1300. The molecule has 2 heterocycles. The van der Waals surface area contributed by atoms with E-state index in [2.05, 4.69) is 49.9 Å². The number of carbonyl (C=O) groups is 2. The molecular formula is C29H37N7O2. The van der Waals surface area contributed by atoms with Crippen LogP contribution in [-0.2, 0) is 35.3 Å². The maximum Gasteiger partial charge on any atom is 0.242 e. The zero-order chi connectivity index (χ0) is 26.7. The fourth-order valence-corrected chi connectivity index (χ4v) is 4.53. The SMILES string of the molecule is NCCCCc1ccc(CCNC(=O)[C@H](Cc2cnc[nH]2)NC(=O)[C@@H](N)Cc2c[nH]c3ccccc23)cc1. The summed E-state index contributed by atoms with van der Waals surface area (Å²) in [5, 5.41) is 6.85. The summed E-state index contributed by atoms with van der Waals surface area (Å²) in [4.78, 5) is 36.3. The number of unbranched alkanes of at least 4 members (excludes halogenated alkanes) is 1. The summed E-state index contributed by atoms with van der Waals surface area (Å²) in [6.07, 6.45) is 9.54. The summed E-state index contributed by atoms with van der Waals surface area (Å²) in [7, 11) is 0. The molecule has 0 fully saturated rings. The molecule has 0 aliphatic rings. The van der Waals surface area contributed by atoms with Crippen LogP contribution in [0.5, 0.6) is 0 Å². The van der Waals surface area contributed by atoms with Gasteiger partial charge in [0.05, 0.1) is 12.4 Å². The van der Waals surface area contributed by atoms with E-state index in [1.54, 1.807) is 12.5 Å². The first kappa shape index (κ1) is 27.1. The van der Waals surface area contributed by atoms with Crippen molar-refractivity contribution in [3.8, 4) is 0 Å². The summed E-state index contributed by atoms with van der Waals surface area (Å²) in [5.41, 5.74) is 17.0. The van der Waals surface area contributed by atoms with Crippen LogP contribution in [0.1, 0.15) is 35.2 Å². The summed E-state index contributed by atoms with van der Waals surface area (Å²) < 4.78 is 0. The standard InChI is InChI=1S/C29H37N7O2/c30-13-4-3-5-20-8-10-21(11-9-20)12-14-33-29(38)27(16-23-18-32-19-35-23)36-28(37)25(31)15-22-17-34-26-7-2-1-6-24(22)26/h1-2,6-11,17-19,25,27,34H,3-5,12-16,30-31H2,(H,32,35)(H,33,38)(H,36,37)/t25-,27-/m0/s1. The number of nitrogens with two attached hydrogens (primary N) is 2. The van der Waals surface area contributed by atoms with E-state index in [-0.39, 0.29) is 18.2 Å². The van der Waals surface area contributed by atoms with Gasteiger partial charge in [-0.2, -0.15) is 0 Å². The second-order valence-electron chi connectivity index (χ2n) is 9.62. The number of para-hydroxylation sites is 1. The van der Waals surface area contributed by atoms with Gasteiger partial charge >= 0.3 is 0 Å². The number of amides is 2. The molecule has 2 aromatic heterocycles. The molecule has 2 atom stereocenters. The Morgan fingerprint density at radius 2 is 1.68 bits per heavy atom. The van der Waals surface area contributed by atoms with E-state index < -0.39 is 12.1 Å². The van der Waals surface area contributed by atoms with E-state index in [0.29, 0.717) is 19.4 Å². The van der Waals surface area contributed by atoms with Gasteiger partial charge in [-0.3, -0.25) is 9.59 Å². The monoisotopic (exact) mass is 515 g/mol. The maximum absolute atomic E-state index is 13.1. The van der Waals surface area contributed by atoms with Crippen LogP contribution >= 0.6 is 0 Å². The average Bonchev–Trinajstić information content (AvgIpc) is 3.59. The molecule has 0 saturated heterocycles. The molecule has 38 heavy (non-hydrogen) atoms. The number of fused-ring (bicyclic) bond motifs is 1. The third-order valence-corrected chi connectivity index (χ3v) is 6.72. The molecule has 4 aromatic rings. The van der Waals surface area contributed by atoms with Gasteiger partial charge < -0.3 is 32.1 Å². The van der Waals surface area contributed by atoms with Crippen molar-refractivity contribution in [1.29, 1.82) is 0 Å². The zero-order valence-corrected chi connectivity index (χ0v) is 21.6. The first-order valence-electron chi connectivity index (χ1n) is 13.2. The molecule has 0 aliphatic heterocycles. The molecule has 0 saturated carbocycles. The minimum absolute atomic E-state index is 0.259. The van der Waals surface area contributed by atoms with E-state index in [4.69, 9.17) is 11.5 Å². The van der Waals surface area contributed by atoms with Crippen LogP contribution in [0.3, 0.4) is 0 Å². The van der Waals surface area contributed by atoms with Crippen LogP contribution in [0.15, 0.2) is 67.3 Å². The van der Waals surface area contributed by atoms with Crippen molar-refractivity contribution in [3.63, 3.8) is 0 Å². The Hall–Kier alpha value is -3.95. The summed E-state index contributed by atoms with van der Waals surface area (Å²) in [5.74, 6) is -0.634. The number of aryl methyl sites for hydroxylation is 1. The number of hydrogen-bond acceptors (Lipinski definition) is 5. The van der Waals surface area contributed by atoms with Crippen molar-refractivity contribution in [2.75, 3.05) is 13.1 Å². The maximum atomic E-state index is 13.1. The highest BCUT2D eigenvalue weighted by atomic mass is 16.2. The Labute approximate surface area is 222 Å². The summed E-state index contributed by atoms with van der Waals surface area (Å²) in [6.45, 7) is 1.18. The van der Waals surface area contributed by atoms with Gasteiger partial charge in [-0.05, 0) is 61.4 Å². The van der Waals surface area contributed by atoms with Gasteiger partial charge in [0.1, 0.15) is 6.04 Å². The Balaban J connectivity index is 1.32. The predicted octanol–water partition coefficient (Wildman–Crippen LogP) is 2.13. The zero-order valence-electron chi connectivity index (χ0n) is 21.6. The normalized spacial score (nSPS) is 12.8. The van der Waals surface area contributed by atoms with Crippen LogP contribution < -0.4 is 22.1 Å². The number of benzene rings is 2. The van der Waals surface area contributed by atoms with E-state index in [9.17, 15) is 9.59 Å². The van der Waals surface area contributed by atoms with Gasteiger partial charge in [-0.25, -0.2) is 4.98 Å². The second-order valence-corrected chi connectivity index (χ2v) is 9.62. The van der Waals surface area contributed by atoms with Gasteiger partial charge in [0.25, 0.3) is 0 Å². The molecule has 9 heteroatoms. The van der Waals surface area contributed by atoms with E-state index >= 15 is 0 Å². The molecule has 2 aromatic carbocycles. The van der Waals surface area contributed by atoms with Crippen molar-refractivity contribution < 1.29 is 9.59 Å². The number of nitrogens with one attached hydrogen (secondary N) is 4.